The van der Waals surface area contributed by atoms with Crippen LogP contribution in [0.4, 0.5) is 5.69 Å². The van der Waals surface area contributed by atoms with Gasteiger partial charge in [-0.25, -0.2) is 0 Å². The largest absolute Gasteiger partial charge is 0.352 e. The summed E-state index contributed by atoms with van der Waals surface area (Å²) in [6.07, 6.45) is 0. The lowest BCUT2D eigenvalue weighted by Gasteiger charge is -2.14. The number of anilines is 1. The number of Topliss-reactive ketones (excluding diaryl/α,β-unsaturated/α-hetero) is 1. The van der Waals surface area contributed by atoms with E-state index in [1.54, 1.807) is 0 Å². The van der Waals surface area contributed by atoms with Crippen molar-refractivity contribution in [3.8, 4) is 0 Å². The molecule has 3 N–H and O–H groups in total. The summed E-state index contributed by atoms with van der Waals surface area (Å²) >= 11 is 0. The van der Waals surface area contributed by atoms with E-state index in [-0.39, 0.29) is 11.7 Å². The van der Waals surface area contributed by atoms with Crippen LogP contribution in [0.15, 0.2) is 54.6 Å². The van der Waals surface area contributed by atoms with Crippen molar-refractivity contribution in [3.05, 3.63) is 66.0 Å². The first kappa shape index (κ1) is 17.1. The van der Waals surface area contributed by atoms with Gasteiger partial charge in [0, 0.05) is 32.9 Å². The van der Waals surface area contributed by atoms with Crippen LogP contribution in [0.5, 0.6) is 0 Å². The van der Waals surface area contributed by atoms with E-state index in [0.717, 1.165) is 21.8 Å². The van der Waals surface area contributed by atoms with Gasteiger partial charge in [-0.3, -0.25) is 9.59 Å². The van der Waals surface area contributed by atoms with Crippen molar-refractivity contribution in [2.24, 2.45) is 5.41 Å². The van der Waals surface area contributed by atoms with Crippen LogP contribution in [0, 0.1) is 5.41 Å². The number of benzene rings is 2. The predicted molar refractivity (Wildman–Crippen MR) is 108 cm³/mol. The van der Waals surface area contributed by atoms with Gasteiger partial charge in [0.1, 0.15) is 5.69 Å². The second-order valence-electron chi connectivity index (χ2n) is 7.79. The number of carbonyl (C=O) groups excluding carboxylic acids is 2. The smallest absolute Gasteiger partial charge is 0.272 e. The summed E-state index contributed by atoms with van der Waals surface area (Å²) in [6.45, 7) is 5.69. The number of para-hydroxylation sites is 1. The lowest BCUT2D eigenvalue weighted by Crippen LogP contribution is -2.20. The van der Waals surface area contributed by atoms with Gasteiger partial charge >= 0.3 is 0 Å². The third-order valence-electron chi connectivity index (χ3n) is 4.58. The van der Waals surface area contributed by atoms with Crippen LogP contribution in [0.1, 0.15) is 41.7 Å². The molecule has 0 fully saturated rings. The number of hydrogen-bond acceptors (Lipinski definition) is 2. The highest BCUT2D eigenvalue weighted by atomic mass is 16.2. The summed E-state index contributed by atoms with van der Waals surface area (Å²) in [7, 11) is 0. The number of carbonyl (C=O) groups is 2. The maximum atomic E-state index is 12.6. The highest BCUT2D eigenvalue weighted by Crippen LogP contribution is 2.26. The Bertz CT molecular complexity index is 1140. The first-order valence-electron chi connectivity index (χ1n) is 8.88. The number of H-pyrrole nitrogens is 2. The van der Waals surface area contributed by atoms with Gasteiger partial charge in [-0.1, -0.05) is 39.0 Å². The van der Waals surface area contributed by atoms with Crippen LogP contribution in [0.3, 0.4) is 0 Å². The lowest BCUT2D eigenvalue weighted by atomic mass is 9.89. The molecular formula is C22H21N3O2. The first-order valence-corrected chi connectivity index (χ1v) is 8.88. The molecule has 0 unspecified atom stereocenters. The molecule has 0 radical (unpaired) electrons. The van der Waals surface area contributed by atoms with Crippen molar-refractivity contribution < 1.29 is 9.59 Å². The summed E-state index contributed by atoms with van der Waals surface area (Å²) < 4.78 is 0. The fourth-order valence-corrected chi connectivity index (χ4v) is 3.13. The van der Waals surface area contributed by atoms with E-state index in [0.29, 0.717) is 17.1 Å². The van der Waals surface area contributed by atoms with Crippen LogP contribution >= 0.6 is 0 Å². The molecule has 2 aromatic carbocycles. The van der Waals surface area contributed by atoms with Crippen molar-refractivity contribution in [3.63, 3.8) is 0 Å². The fraction of sp³-hybridized carbons (Fsp3) is 0.182. The topological polar surface area (TPSA) is 77.8 Å². The van der Waals surface area contributed by atoms with Crippen molar-refractivity contribution in [2.75, 3.05) is 5.32 Å². The molecule has 0 aliphatic carbocycles. The number of rotatable bonds is 3. The summed E-state index contributed by atoms with van der Waals surface area (Å²) in [6, 6.07) is 17.0. The van der Waals surface area contributed by atoms with Gasteiger partial charge < -0.3 is 15.3 Å². The van der Waals surface area contributed by atoms with Gasteiger partial charge in [-0.2, -0.15) is 0 Å². The third kappa shape index (κ3) is 3.24. The first-order chi connectivity index (χ1) is 12.8. The maximum Gasteiger partial charge on any atom is 0.272 e. The normalized spacial score (nSPS) is 11.8. The Morgan fingerprint density at radius 3 is 2.22 bits per heavy atom. The second kappa shape index (κ2) is 6.13. The van der Waals surface area contributed by atoms with Gasteiger partial charge in [-0.15, -0.1) is 0 Å². The van der Waals surface area contributed by atoms with Crippen molar-refractivity contribution in [1.82, 2.24) is 9.97 Å². The molecule has 5 heteroatoms. The van der Waals surface area contributed by atoms with Crippen LogP contribution in [-0.2, 0) is 0 Å². The minimum Gasteiger partial charge on any atom is -0.352 e. The maximum absolute atomic E-state index is 12.6. The zero-order valence-electron chi connectivity index (χ0n) is 15.5. The van der Waals surface area contributed by atoms with E-state index in [1.165, 1.54) is 0 Å². The number of nitrogens with one attached hydrogen (secondary N) is 3. The average Bonchev–Trinajstić information content (AvgIpc) is 3.23. The minimum atomic E-state index is -0.451. The second-order valence-corrected chi connectivity index (χ2v) is 7.79. The number of ketones is 1. The zero-order valence-corrected chi connectivity index (χ0v) is 15.5. The Balaban J connectivity index is 1.60. The summed E-state index contributed by atoms with van der Waals surface area (Å²) in [5.41, 5.74) is 3.11. The minimum absolute atomic E-state index is 0.0577. The Labute approximate surface area is 156 Å². The average molecular weight is 359 g/mol. The van der Waals surface area contributed by atoms with Crippen molar-refractivity contribution >= 4 is 39.2 Å². The SMILES string of the molecule is CC(C)(C)C(=O)c1cc2cc(NC(=O)c3cc4ccccc4[nH]3)ccc2[nH]1. The molecule has 136 valence electrons. The van der Waals surface area contributed by atoms with E-state index in [2.05, 4.69) is 15.3 Å². The highest BCUT2D eigenvalue weighted by molar-refractivity contribution is 6.07. The molecule has 0 aliphatic heterocycles. The van der Waals surface area contributed by atoms with Crippen molar-refractivity contribution in [2.45, 2.75) is 20.8 Å². The summed E-state index contributed by atoms with van der Waals surface area (Å²) in [5.74, 6) is -0.144. The van der Waals surface area contributed by atoms with Gasteiger partial charge in [0.15, 0.2) is 5.78 Å². The zero-order chi connectivity index (χ0) is 19.2. The van der Waals surface area contributed by atoms with Gasteiger partial charge in [0.05, 0.1) is 5.69 Å². The predicted octanol–water partition coefficient (Wildman–Crippen LogP) is 5.13. The molecule has 0 saturated carbocycles. The van der Waals surface area contributed by atoms with Gasteiger partial charge in [0.2, 0.25) is 0 Å². The number of amides is 1. The van der Waals surface area contributed by atoms with E-state index >= 15 is 0 Å². The van der Waals surface area contributed by atoms with E-state index in [1.807, 2.05) is 75.4 Å². The van der Waals surface area contributed by atoms with E-state index in [9.17, 15) is 9.59 Å². The number of aromatic amines is 2. The molecule has 5 nitrogen and oxygen atoms in total. The summed E-state index contributed by atoms with van der Waals surface area (Å²) in [5, 5.41) is 4.79. The molecule has 2 aromatic heterocycles. The van der Waals surface area contributed by atoms with Crippen LogP contribution in [0.2, 0.25) is 0 Å². The van der Waals surface area contributed by atoms with E-state index < -0.39 is 5.41 Å². The molecule has 4 rings (SSSR count). The quantitative estimate of drug-likeness (QED) is 0.443. The number of fused-ring (bicyclic) bond motifs is 2. The molecule has 2 heterocycles. The van der Waals surface area contributed by atoms with Gasteiger partial charge in [-0.05, 0) is 36.4 Å². The van der Waals surface area contributed by atoms with Crippen molar-refractivity contribution in [1.29, 1.82) is 0 Å². The fourth-order valence-electron chi connectivity index (χ4n) is 3.13. The molecule has 0 spiro atoms. The number of aromatic nitrogens is 2. The van der Waals surface area contributed by atoms with E-state index in [4.69, 9.17) is 0 Å². The molecule has 0 aliphatic rings. The lowest BCUT2D eigenvalue weighted by molar-refractivity contribution is 0.0853. The molecule has 0 saturated heterocycles. The molecule has 0 bridgehead atoms. The third-order valence-corrected chi connectivity index (χ3v) is 4.58. The standard InChI is InChI=1S/C22H21N3O2/c1-22(2,3)20(26)18-12-14-10-15(8-9-17(14)24-18)23-21(27)19-11-13-6-4-5-7-16(13)25-19/h4-12,24-25H,1-3H3,(H,23,27). The van der Waals surface area contributed by atoms with Gasteiger partial charge in [0.25, 0.3) is 5.91 Å². The Morgan fingerprint density at radius 1 is 0.815 bits per heavy atom. The molecule has 1 amide bonds. The molecule has 4 aromatic rings. The van der Waals surface area contributed by atoms with Crippen LogP contribution in [0.25, 0.3) is 21.8 Å². The summed E-state index contributed by atoms with van der Waals surface area (Å²) in [4.78, 5) is 31.3. The Kier molecular flexibility index (Phi) is 3.88. The Morgan fingerprint density at radius 2 is 1.48 bits per heavy atom. The molecular weight excluding hydrogens is 338 g/mol. The number of hydrogen-bond donors (Lipinski definition) is 3. The monoisotopic (exact) mass is 359 g/mol. The molecule has 0 atom stereocenters. The van der Waals surface area contributed by atoms with Crippen LogP contribution < -0.4 is 5.32 Å². The highest BCUT2D eigenvalue weighted by Gasteiger charge is 2.24. The Hall–Kier alpha value is -3.34. The molecule has 27 heavy (non-hydrogen) atoms. The van der Waals surface area contributed by atoms with Crippen LogP contribution in [-0.4, -0.2) is 21.7 Å².